The Morgan fingerprint density at radius 1 is 1.18 bits per heavy atom. The fourth-order valence-electron chi connectivity index (χ4n) is 0.513. The molecule has 0 spiro atoms. The van der Waals surface area contributed by atoms with E-state index in [4.69, 9.17) is 5.26 Å². The van der Waals surface area contributed by atoms with Crippen LogP contribution in [0.15, 0.2) is 30.3 Å². The standard InChI is InChI=1S/C7H5N.2FH.Pt/c8-6-7-4-2-1-3-5-7;;;/h1-5H;2*1H;/q;;;+2/p-2. The van der Waals surface area contributed by atoms with E-state index in [1.165, 1.54) is 0 Å². The molecule has 1 aromatic carbocycles. The van der Waals surface area contributed by atoms with Crippen molar-refractivity contribution in [1.29, 1.82) is 5.26 Å². The van der Waals surface area contributed by atoms with Gasteiger partial charge in [-0.25, -0.2) is 0 Å². The van der Waals surface area contributed by atoms with Crippen molar-refractivity contribution in [1.82, 2.24) is 0 Å². The third kappa shape index (κ3) is 5.69. The van der Waals surface area contributed by atoms with E-state index in [-0.39, 0.29) is 0 Å². The molecule has 0 saturated heterocycles. The van der Waals surface area contributed by atoms with E-state index < -0.39 is 19.6 Å². The molecule has 0 aliphatic rings. The zero-order valence-corrected chi connectivity index (χ0v) is 7.68. The van der Waals surface area contributed by atoms with Crippen molar-refractivity contribution in [2.45, 2.75) is 0 Å². The van der Waals surface area contributed by atoms with Crippen LogP contribution in [0.25, 0.3) is 0 Å². The van der Waals surface area contributed by atoms with E-state index in [1.54, 1.807) is 12.1 Å². The predicted molar refractivity (Wildman–Crippen MR) is 33.4 cm³/mol. The third-order valence-electron chi connectivity index (χ3n) is 0.903. The quantitative estimate of drug-likeness (QED) is 0.714. The first-order valence-electron chi connectivity index (χ1n) is 2.62. The Morgan fingerprint density at radius 2 is 1.64 bits per heavy atom. The Kier molecular flexibility index (Phi) is 6.87. The third-order valence-corrected chi connectivity index (χ3v) is 0.903. The van der Waals surface area contributed by atoms with Crippen molar-refractivity contribution in [3.8, 4) is 6.07 Å². The molecule has 1 aromatic rings. The molecule has 0 radical (unpaired) electrons. The van der Waals surface area contributed by atoms with Crippen molar-refractivity contribution < 1.29 is 25.9 Å². The molecule has 0 atom stereocenters. The van der Waals surface area contributed by atoms with Crippen LogP contribution in [-0.2, 0) is 19.6 Å². The van der Waals surface area contributed by atoms with Gasteiger partial charge in [0.25, 0.3) is 0 Å². The normalized spacial score (nSPS) is 7.73. The molecule has 62 valence electrons. The molecule has 0 heterocycles. The first-order valence-corrected chi connectivity index (χ1v) is 4.34. The second kappa shape index (κ2) is 7.37. The fraction of sp³-hybridized carbons (Fsp3) is 0. The van der Waals surface area contributed by atoms with E-state index in [2.05, 4.69) is 0 Å². The van der Waals surface area contributed by atoms with Gasteiger partial charge in [-0.05, 0) is 12.1 Å². The van der Waals surface area contributed by atoms with E-state index in [1.807, 2.05) is 24.3 Å². The minimum absolute atomic E-state index is 0.715. The molecule has 0 amide bonds. The number of hydrogen-bond donors (Lipinski definition) is 0. The van der Waals surface area contributed by atoms with Gasteiger partial charge in [-0.15, -0.1) is 0 Å². The van der Waals surface area contributed by atoms with Crippen molar-refractivity contribution >= 4 is 0 Å². The summed E-state index contributed by atoms with van der Waals surface area (Å²) < 4.78 is 19.5. The van der Waals surface area contributed by atoms with Crippen LogP contribution in [0, 0.1) is 11.3 Å². The van der Waals surface area contributed by atoms with Crippen LogP contribution in [0.5, 0.6) is 0 Å². The van der Waals surface area contributed by atoms with Crippen LogP contribution in [0.3, 0.4) is 0 Å². The fourth-order valence-corrected chi connectivity index (χ4v) is 0.513. The summed E-state index contributed by atoms with van der Waals surface area (Å²) in [5, 5.41) is 8.29. The van der Waals surface area contributed by atoms with Gasteiger partial charge in [-0.1, -0.05) is 18.2 Å². The topological polar surface area (TPSA) is 23.8 Å². The van der Waals surface area contributed by atoms with Crippen LogP contribution in [-0.4, -0.2) is 0 Å². The Labute approximate surface area is 73.5 Å². The molecule has 0 N–H and O–H groups in total. The number of halogens is 2. The Hall–Kier alpha value is -0.742. The van der Waals surface area contributed by atoms with E-state index in [0.717, 1.165) is 0 Å². The molecule has 0 aromatic heterocycles. The zero-order valence-electron chi connectivity index (χ0n) is 5.41. The summed E-state index contributed by atoms with van der Waals surface area (Å²) in [6, 6.07) is 11.2. The molecule has 0 unspecified atom stereocenters. The Balaban J connectivity index is 0.000000292. The van der Waals surface area contributed by atoms with Gasteiger partial charge in [0.1, 0.15) is 0 Å². The molecular weight excluding hydrogens is 331 g/mol. The van der Waals surface area contributed by atoms with Crippen LogP contribution < -0.4 is 0 Å². The first-order chi connectivity index (χ1) is 5.35. The van der Waals surface area contributed by atoms with Crippen molar-refractivity contribution in [2.75, 3.05) is 0 Å². The average molecular weight is 336 g/mol. The molecule has 11 heavy (non-hydrogen) atoms. The Bertz CT molecular complexity index is 220. The molecule has 1 nitrogen and oxygen atoms in total. The van der Waals surface area contributed by atoms with Crippen LogP contribution >= 0.6 is 0 Å². The van der Waals surface area contributed by atoms with Crippen LogP contribution in [0.2, 0.25) is 0 Å². The zero-order chi connectivity index (χ0) is 8.53. The first kappa shape index (κ1) is 10.3. The molecule has 1 rings (SSSR count). The maximum absolute atomic E-state index is 9.74. The van der Waals surface area contributed by atoms with Gasteiger partial charge in [0, 0.05) is 0 Å². The number of nitrogens with zero attached hydrogens (tertiary/aromatic N) is 1. The summed E-state index contributed by atoms with van der Waals surface area (Å²) in [6.45, 7) is 0. The molecule has 0 aliphatic carbocycles. The van der Waals surface area contributed by atoms with Crippen LogP contribution in [0.4, 0.5) is 6.32 Å². The molecule has 4 heteroatoms. The van der Waals surface area contributed by atoms with Crippen LogP contribution in [0.1, 0.15) is 5.56 Å². The van der Waals surface area contributed by atoms with Gasteiger partial charge in [0.05, 0.1) is 11.6 Å². The maximum atomic E-state index is 9.74. The summed E-state index contributed by atoms with van der Waals surface area (Å²) in [5.74, 6) is 0. The predicted octanol–water partition coefficient (Wildman–Crippen LogP) is 2.40. The van der Waals surface area contributed by atoms with E-state index in [0.29, 0.717) is 5.56 Å². The van der Waals surface area contributed by atoms with E-state index in [9.17, 15) is 6.32 Å². The number of nitriles is 1. The van der Waals surface area contributed by atoms with Gasteiger partial charge in [0.15, 0.2) is 0 Å². The number of hydrogen-bond acceptors (Lipinski definition) is 1. The van der Waals surface area contributed by atoms with Gasteiger partial charge in [-0.3, -0.25) is 0 Å². The van der Waals surface area contributed by atoms with Gasteiger partial charge >= 0.3 is 25.9 Å². The Morgan fingerprint density at radius 3 is 1.91 bits per heavy atom. The monoisotopic (exact) mass is 336 g/mol. The summed E-state index contributed by atoms with van der Waals surface area (Å²) in [7, 11) is 0. The number of rotatable bonds is 0. The van der Waals surface area contributed by atoms with E-state index >= 15 is 0 Å². The summed E-state index contributed by atoms with van der Waals surface area (Å²) >= 11 is -2.42. The molecule has 0 saturated carbocycles. The van der Waals surface area contributed by atoms with Gasteiger partial charge < -0.3 is 0 Å². The molecule has 0 aliphatic heterocycles. The molecule has 0 bridgehead atoms. The van der Waals surface area contributed by atoms with Crippen molar-refractivity contribution in [3.63, 3.8) is 0 Å². The van der Waals surface area contributed by atoms with Gasteiger partial charge in [0.2, 0.25) is 0 Å². The second-order valence-corrected chi connectivity index (χ2v) is 1.85. The summed E-state index contributed by atoms with van der Waals surface area (Å²) in [5.41, 5.74) is 0.715. The van der Waals surface area contributed by atoms with Crippen molar-refractivity contribution in [2.24, 2.45) is 0 Å². The minimum atomic E-state index is -2.42. The SMILES string of the molecule is N#Cc1ccccc1.[F][Pt][F]. The number of benzene rings is 1. The molecular formula is C7H5F2NPt. The summed E-state index contributed by atoms with van der Waals surface area (Å²) in [4.78, 5) is 0. The van der Waals surface area contributed by atoms with Gasteiger partial charge in [-0.2, -0.15) is 5.26 Å². The molecule has 0 fully saturated rings. The van der Waals surface area contributed by atoms with Crippen molar-refractivity contribution in [3.05, 3.63) is 35.9 Å². The second-order valence-electron chi connectivity index (χ2n) is 1.52. The average Bonchev–Trinajstić information content (AvgIpc) is 2.08. The summed E-state index contributed by atoms with van der Waals surface area (Å²) in [6.07, 6.45) is 0.